The molecule has 2 atom stereocenters. The number of hydrogen-bond donors (Lipinski definition) is 3. The van der Waals surface area contributed by atoms with E-state index in [4.69, 9.17) is 4.98 Å². The Morgan fingerprint density at radius 2 is 2.19 bits per heavy atom. The molecule has 194 valence electrons. The molecule has 0 spiro atoms. The first-order valence-electron chi connectivity index (χ1n) is 13.0. The third kappa shape index (κ3) is 6.53. The number of benzene rings is 1. The molecule has 37 heavy (non-hydrogen) atoms. The zero-order valence-corrected chi connectivity index (χ0v) is 21.7. The Labute approximate surface area is 221 Å². The zero-order chi connectivity index (χ0) is 25.6. The highest BCUT2D eigenvalue weighted by Gasteiger charge is 2.26. The van der Waals surface area contributed by atoms with Crippen molar-refractivity contribution in [3.05, 3.63) is 64.9 Å². The van der Waals surface area contributed by atoms with E-state index >= 15 is 0 Å². The van der Waals surface area contributed by atoms with E-state index < -0.39 is 12.0 Å². The molecule has 2 aliphatic heterocycles. The Hall–Kier alpha value is -3.30. The lowest BCUT2D eigenvalue weighted by Crippen LogP contribution is -2.43. The molecule has 2 aliphatic rings. The maximum atomic E-state index is 12.8. The van der Waals surface area contributed by atoms with Gasteiger partial charge in [-0.1, -0.05) is 18.2 Å². The monoisotopic (exact) mass is 519 g/mol. The van der Waals surface area contributed by atoms with Gasteiger partial charge in [-0.05, 0) is 80.3 Å². The Balaban J connectivity index is 1.09. The summed E-state index contributed by atoms with van der Waals surface area (Å²) >= 11 is 1.50. The van der Waals surface area contributed by atoms with Gasteiger partial charge in [-0.3, -0.25) is 9.78 Å². The quantitative estimate of drug-likeness (QED) is 0.370. The molecule has 0 radical (unpaired) electrons. The molecule has 1 fully saturated rings. The van der Waals surface area contributed by atoms with Crippen molar-refractivity contribution < 1.29 is 14.7 Å². The summed E-state index contributed by atoms with van der Waals surface area (Å²) in [6.07, 6.45) is 7.55. The van der Waals surface area contributed by atoms with E-state index in [-0.39, 0.29) is 5.91 Å². The van der Waals surface area contributed by atoms with Crippen molar-refractivity contribution in [1.82, 2.24) is 20.2 Å². The summed E-state index contributed by atoms with van der Waals surface area (Å²) in [7, 11) is 0. The first-order valence-corrected chi connectivity index (χ1v) is 13.9. The molecule has 4 heterocycles. The molecule has 0 aliphatic carbocycles. The van der Waals surface area contributed by atoms with Crippen molar-refractivity contribution in [2.24, 2.45) is 5.92 Å². The van der Waals surface area contributed by atoms with E-state index in [0.29, 0.717) is 24.4 Å². The van der Waals surface area contributed by atoms with E-state index in [2.05, 4.69) is 32.7 Å². The van der Waals surface area contributed by atoms with Gasteiger partial charge < -0.3 is 20.6 Å². The van der Waals surface area contributed by atoms with Crippen LogP contribution in [0.1, 0.15) is 47.3 Å². The number of aliphatic carboxylic acids is 1. The maximum Gasteiger partial charge on any atom is 0.326 e. The van der Waals surface area contributed by atoms with Crippen LogP contribution in [-0.4, -0.2) is 64.1 Å². The van der Waals surface area contributed by atoms with Crippen LogP contribution in [0, 0.1) is 5.92 Å². The molecule has 2 aromatic heterocycles. The number of carbonyl (C=O) groups is 2. The minimum atomic E-state index is -1.00. The summed E-state index contributed by atoms with van der Waals surface area (Å²) in [6.45, 7) is 3.56. The van der Waals surface area contributed by atoms with Gasteiger partial charge in [0.05, 0.1) is 10.4 Å². The number of thiazole rings is 1. The molecule has 9 heteroatoms. The fourth-order valence-corrected chi connectivity index (χ4v) is 5.81. The van der Waals surface area contributed by atoms with Crippen LogP contribution in [-0.2, 0) is 17.6 Å². The lowest BCUT2D eigenvalue weighted by atomic mass is 10.00. The summed E-state index contributed by atoms with van der Waals surface area (Å²) in [6, 6.07) is 10.6. The fourth-order valence-electron chi connectivity index (χ4n) is 5.19. The maximum absolute atomic E-state index is 12.8. The second kappa shape index (κ2) is 11.8. The number of aromatic nitrogens is 2. The highest BCUT2D eigenvalue weighted by atomic mass is 32.1. The van der Waals surface area contributed by atoms with Crippen LogP contribution in [0.4, 0.5) is 5.82 Å². The number of likely N-dealkylation sites (tertiary alicyclic amines) is 1. The Kier molecular flexibility index (Phi) is 8.11. The Bertz CT molecular complexity index is 1230. The number of nitrogens with one attached hydrogen (secondary N) is 2. The van der Waals surface area contributed by atoms with E-state index in [1.807, 2.05) is 6.07 Å². The van der Waals surface area contributed by atoms with Crippen LogP contribution in [0.25, 0.3) is 10.4 Å². The van der Waals surface area contributed by atoms with Crippen LogP contribution in [0.2, 0.25) is 0 Å². The molecule has 1 amide bonds. The number of rotatable bonds is 10. The second-order valence-corrected chi connectivity index (χ2v) is 10.8. The number of carboxylic acid groups (broad SMARTS) is 1. The van der Waals surface area contributed by atoms with Gasteiger partial charge >= 0.3 is 5.97 Å². The van der Waals surface area contributed by atoms with E-state index in [1.165, 1.54) is 23.3 Å². The number of anilines is 1. The molecule has 0 unspecified atom stereocenters. The standard InChI is InChI=1S/C28H33N5O3S/c34-27(22-4-1-3-21(15-22)25-16-29-18-37-25)32-24(28(35)36)11-14-33-13-10-19(17-33)6-8-23-9-7-20-5-2-12-30-26(20)31-23/h1,3-4,7,9,15-16,18-19,24H,2,5-6,8,10-14,17H2,(H,30,31)(H,32,34)(H,35,36)/t19-,24+/m1/s1. The summed E-state index contributed by atoms with van der Waals surface area (Å²) in [4.78, 5) is 36.9. The van der Waals surface area contributed by atoms with Crippen molar-refractivity contribution in [3.63, 3.8) is 0 Å². The molecule has 0 saturated carbocycles. The summed E-state index contributed by atoms with van der Waals surface area (Å²) in [5.74, 6) is 0.256. The van der Waals surface area contributed by atoms with E-state index in [0.717, 1.165) is 67.3 Å². The van der Waals surface area contributed by atoms with Crippen molar-refractivity contribution in [3.8, 4) is 10.4 Å². The number of pyridine rings is 1. The average molecular weight is 520 g/mol. The molecule has 1 aromatic carbocycles. The Morgan fingerprint density at radius 1 is 1.27 bits per heavy atom. The van der Waals surface area contributed by atoms with Crippen molar-refractivity contribution in [1.29, 1.82) is 0 Å². The summed E-state index contributed by atoms with van der Waals surface area (Å²) in [5.41, 5.74) is 5.54. The third-order valence-electron chi connectivity index (χ3n) is 7.31. The predicted octanol–water partition coefficient (Wildman–Crippen LogP) is 4.09. The molecule has 1 saturated heterocycles. The predicted molar refractivity (Wildman–Crippen MR) is 145 cm³/mol. The SMILES string of the molecule is O=C(N[C@@H](CCN1CC[C@@H](CCc2ccc3c(n2)NCCC3)C1)C(=O)O)c1cccc(-c2cncs2)c1. The fraction of sp³-hybridized carbons (Fsp3) is 0.429. The van der Waals surface area contributed by atoms with Crippen molar-refractivity contribution in [2.45, 2.75) is 44.6 Å². The van der Waals surface area contributed by atoms with Gasteiger partial charge in [0.1, 0.15) is 11.9 Å². The normalized spacial score (nSPS) is 18.1. The smallest absolute Gasteiger partial charge is 0.326 e. The van der Waals surface area contributed by atoms with Crippen LogP contribution in [0.3, 0.4) is 0 Å². The number of amides is 1. The van der Waals surface area contributed by atoms with Gasteiger partial charge in [-0.15, -0.1) is 11.3 Å². The van der Waals surface area contributed by atoms with Crippen LogP contribution < -0.4 is 10.6 Å². The highest BCUT2D eigenvalue weighted by Crippen LogP contribution is 2.25. The van der Waals surface area contributed by atoms with Crippen molar-refractivity contribution >= 4 is 29.0 Å². The number of hydrogen-bond acceptors (Lipinski definition) is 7. The van der Waals surface area contributed by atoms with Gasteiger partial charge in [0.15, 0.2) is 0 Å². The van der Waals surface area contributed by atoms with Crippen LogP contribution >= 0.6 is 11.3 Å². The zero-order valence-electron chi connectivity index (χ0n) is 20.9. The average Bonchev–Trinajstić information content (AvgIpc) is 3.62. The number of carbonyl (C=O) groups excluding carboxylic acids is 1. The molecular weight excluding hydrogens is 486 g/mol. The van der Waals surface area contributed by atoms with Gasteiger partial charge in [-0.2, -0.15) is 0 Å². The van der Waals surface area contributed by atoms with Crippen LogP contribution in [0.5, 0.6) is 0 Å². The molecule has 3 N–H and O–H groups in total. The highest BCUT2D eigenvalue weighted by molar-refractivity contribution is 7.13. The number of carboxylic acids is 1. The number of aryl methyl sites for hydroxylation is 2. The Morgan fingerprint density at radius 3 is 3.03 bits per heavy atom. The summed E-state index contributed by atoms with van der Waals surface area (Å²) in [5, 5.41) is 15.9. The first-order chi connectivity index (χ1) is 18.0. The topological polar surface area (TPSA) is 107 Å². The lowest BCUT2D eigenvalue weighted by molar-refractivity contribution is -0.139. The summed E-state index contributed by atoms with van der Waals surface area (Å²) < 4.78 is 0. The molecule has 3 aromatic rings. The second-order valence-electron chi connectivity index (χ2n) is 9.93. The van der Waals surface area contributed by atoms with Gasteiger partial charge in [-0.25, -0.2) is 9.78 Å². The first kappa shape index (κ1) is 25.4. The molecular formula is C28H33N5O3S. The number of fused-ring (bicyclic) bond motifs is 1. The molecule has 0 bridgehead atoms. The van der Waals surface area contributed by atoms with E-state index in [9.17, 15) is 14.7 Å². The lowest BCUT2D eigenvalue weighted by Gasteiger charge is -2.20. The molecule has 8 nitrogen and oxygen atoms in total. The van der Waals surface area contributed by atoms with Gasteiger partial charge in [0.2, 0.25) is 0 Å². The minimum Gasteiger partial charge on any atom is -0.480 e. The van der Waals surface area contributed by atoms with Crippen molar-refractivity contribution in [2.75, 3.05) is 31.5 Å². The molecule has 5 rings (SSSR count). The van der Waals surface area contributed by atoms with Gasteiger partial charge in [0.25, 0.3) is 5.91 Å². The van der Waals surface area contributed by atoms with Gasteiger partial charge in [0, 0.05) is 37.1 Å². The minimum absolute atomic E-state index is 0.370. The number of nitrogens with zero attached hydrogens (tertiary/aromatic N) is 3. The largest absolute Gasteiger partial charge is 0.480 e. The van der Waals surface area contributed by atoms with Crippen LogP contribution in [0.15, 0.2) is 48.1 Å². The van der Waals surface area contributed by atoms with E-state index in [1.54, 1.807) is 29.9 Å². The third-order valence-corrected chi connectivity index (χ3v) is 8.13.